The average Bonchev–Trinajstić information content (AvgIpc) is 1.82. The van der Waals surface area contributed by atoms with Gasteiger partial charge in [0, 0.05) is 11.4 Å². The van der Waals surface area contributed by atoms with E-state index < -0.39 is 0 Å². The zero-order valence-corrected chi connectivity index (χ0v) is 6.89. The largest absolute Gasteiger partial charge is 0.239 e. The summed E-state index contributed by atoms with van der Waals surface area (Å²) in [5, 5.41) is 0. The van der Waals surface area contributed by atoms with Crippen LogP contribution < -0.4 is 5.46 Å². The minimum Gasteiger partial charge on any atom is -0.239 e. The Kier molecular flexibility index (Phi) is 1.75. The molecule has 0 aromatic carbocycles. The predicted molar refractivity (Wildman–Crippen MR) is 44.4 cm³/mol. The Labute approximate surface area is 62.1 Å². The first kappa shape index (κ1) is 7.25. The summed E-state index contributed by atoms with van der Waals surface area (Å²) in [5.74, 6) is 0.862. The van der Waals surface area contributed by atoms with E-state index in [0.29, 0.717) is 0 Å². The van der Waals surface area contributed by atoms with E-state index in [0.717, 1.165) is 17.2 Å². The molecule has 0 bridgehead atoms. The van der Waals surface area contributed by atoms with E-state index in [1.807, 2.05) is 28.6 Å². The molecule has 0 N–H and O–H groups in total. The average molecular weight is 134 g/mol. The molecule has 52 valence electrons. The van der Waals surface area contributed by atoms with Crippen LogP contribution in [0.1, 0.15) is 17.2 Å². The van der Waals surface area contributed by atoms with Crippen molar-refractivity contribution in [2.75, 3.05) is 0 Å². The first-order valence-electron chi connectivity index (χ1n) is 3.39. The second-order valence-corrected chi connectivity index (χ2v) is 2.57. The molecule has 1 rings (SSSR count). The Hall–Kier alpha value is -0.855. The number of hydrogen-bond donors (Lipinski definition) is 0. The SMILES string of the molecule is Bc1c(C)nc(C)nc1C. The summed E-state index contributed by atoms with van der Waals surface area (Å²) in [4.78, 5) is 8.45. The summed E-state index contributed by atoms with van der Waals surface area (Å²) in [6.07, 6.45) is 0. The third kappa shape index (κ3) is 1.18. The minimum absolute atomic E-state index is 0.862. The van der Waals surface area contributed by atoms with Crippen molar-refractivity contribution in [3.8, 4) is 0 Å². The summed E-state index contributed by atoms with van der Waals surface area (Å²) in [6, 6.07) is 0. The Balaban J connectivity index is 3.31. The molecule has 3 heteroatoms. The van der Waals surface area contributed by atoms with Crippen LogP contribution in [0.2, 0.25) is 0 Å². The molecule has 0 aliphatic rings. The molecule has 0 spiro atoms. The first-order chi connectivity index (χ1) is 4.61. The van der Waals surface area contributed by atoms with Gasteiger partial charge in [0.15, 0.2) is 0 Å². The van der Waals surface area contributed by atoms with Crippen molar-refractivity contribution in [1.29, 1.82) is 0 Å². The second-order valence-electron chi connectivity index (χ2n) is 2.57. The molecule has 0 radical (unpaired) electrons. The lowest BCUT2D eigenvalue weighted by molar-refractivity contribution is 0.992. The van der Waals surface area contributed by atoms with Crippen LogP contribution in [0.15, 0.2) is 0 Å². The maximum atomic E-state index is 4.22. The zero-order chi connectivity index (χ0) is 7.72. The molecule has 0 saturated carbocycles. The normalized spacial score (nSPS) is 9.90. The predicted octanol–water partition coefficient (Wildman–Crippen LogP) is -0.340. The van der Waals surface area contributed by atoms with Crippen molar-refractivity contribution in [3.05, 3.63) is 17.2 Å². The number of hydrogen-bond acceptors (Lipinski definition) is 2. The molecule has 1 heterocycles. The highest BCUT2D eigenvalue weighted by atomic mass is 14.9. The van der Waals surface area contributed by atoms with Gasteiger partial charge in [-0.05, 0) is 26.2 Å². The lowest BCUT2D eigenvalue weighted by Crippen LogP contribution is -2.16. The summed E-state index contributed by atoms with van der Waals surface area (Å²) in [5.41, 5.74) is 3.38. The van der Waals surface area contributed by atoms with E-state index in [2.05, 4.69) is 9.97 Å². The third-order valence-corrected chi connectivity index (χ3v) is 1.74. The van der Waals surface area contributed by atoms with E-state index in [-0.39, 0.29) is 0 Å². The van der Waals surface area contributed by atoms with Gasteiger partial charge in [-0.25, -0.2) is 9.97 Å². The van der Waals surface area contributed by atoms with E-state index in [1.165, 1.54) is 5.46 Å². The van der Waals surface area contributed by atoms with Crippen LogP contribution >= 0.6 is 0 Å². The van der Waals surface area contributed by atoms with Crippen molar-refractivity contribution in [3.63, 3.8) is 0 Å². The Morgan fingerprint density at radius 3 is 1.80 bits per heavy atom. The van der Waals surface area contributed by atoms with Gasteiger partial charge in [-0.15, -0.1) is 0 Å². The van der Waals surface area contributed by atoms with Crippen molar-refractivity contribution >= 4 is 13.3 Å². The van der Waals surface area contributed by atoms with Crippen LogP contribution in [0.3, 0.4) is 0 Å². The molecule has 2 nitrogen and oxygen atoms in total. The summed E-state index contributed by atoms with van der Waals surface area (Å²) < 4.78 is 0. The molecule has 0 unspecified atom stereocenters. The zero-order valence-electron chi connectivity index (χ0n) is 6.89. The smallest absolute Gasteiger partial charge is 0.144 e. The van der Waals surface area contributed by atoms with Gasteiger partial charge in [0.2, 0.25) is 0 Å². The van der Waals surface area contributed by atoms with Crippen LogP contribution in [0.4, 0.5) is 0 Å². The monoisotopic (exact) mass is 134 g/mol. The fourth-order valence-electron chi connectivity index (χ4n) is 0.940. The van der Waals surface area contributed by atoms with E-state index in [1.54, 1.807) is 0 Å². The molecule has 10 heavy (non-hydrogen) atoms. The van der Waals surface area contributed by atoms with E-state index in [9.17, 15) is 0 Å². The molecule has 0 atom stereocenters. The molecule has 1 aromatic heterocycles. The van der Waals surface area contributed by atoms with Crippen molar-refractivity contribution < 1.29 is 0 Å². The minimum atomic E-state index is 0.862. The Morgan fingerprint density at radius 2 is 1.40 bits per heavy atom. The third-order valence-electron chi connectivity index (χ3n) is 1.74. The van der Waals surface area contributed by atoms with E-state index in [4.69, 9.17) is 0 Å². The van der Waals surface area contributed by atoms with Gasteiger partial charge in [0.1, 0.15) is 13.7 Å². The fourth-order valence-corrected chi connectivity index (χ4v) is 0.940. The van der Waals surface area contributed by atoms with Gasteiger partial charge in [0.25, 0.3) is 0 Å². The van der Waals surface area contributed by atoms with Crippen LogP contribution in [0.25, 0.3) is 0 Å². The maximum Gasteiger partial charge on any atom is 0.144 e. The number of aromatic nitrogens is 2. The van der Waals surface area contributed by atoms with Gasteiger partial charge >= 0.3 is 0 Å². The fraction of sp³-hybridized carbons (Fsp3) is 0.429. The van der Waals surface area contributed by atoms with Gasteiger partial charge in [-0.1, -0.05) is 0 Å². The van der Waals surface area contributed by atoms with Crippen molar-refractivity contribution in [2.24, 2.45) is 0 Å². The highest BCUT2D eigenvalue weighted by Gasteiger charge is 1.98. The molecule has 1 aromatic rings. The molecule has 0 saturated heterocycles. The van der Waals surface area contributed by atoms with Crippen LogP contribution in [-0.2, 0) is 0 Å². The van der Waals surface area contributed by atoms with Gasteiger partial charge in [-0.2, -0.15) is 0 Å². The number of rotatable bonds is 0. The topological polar surface area (TPSA) is 25.8 Å². The van der Waals surface area contributed by atoms with Gasteiger partial charge < -0.3 is 0 Å². The quantitative estimate of drug-likeness (QED) is 0.453. The van der Waals surface area contributed by atoms with Gasteiger partial charge in [0.05, 0.1) is 0 Å². The molecule has 0 aliphatic carbocycles. The standard InChI is InChI=1S/C7H11BN2/c1-4-7(8)5(2)10-6(3)9-4/h8H2,1-3H3. The van der Waals surface area contributed by atoms with Crippen molar-refractivity contribution in [1.82, 2.24) is 9.97 Å². The lowest BCUT2D eigenvalue weighted by atomic mass is 9.93. The molecular formula is C7H11BN2. The van der Waals surface area contributed by atoms with Crippen LogP contribution in [-0.4, -0.2) is 17.8 Å². The first-order valence-corrected chi connectivity index (χ1v) is 3.39. The van der Waals surface area contributed by atoms with Gasteiger partial charge in [-0.3, -0.25) is 0 Å². The number of nitrogens with zero attached hydrogens (tertiary/aromatic N) is 2. The summed E-state index contributed by atoms with van der Waals surface area (Å²) in [7, 11) is 2.05. The van der Waals surface area contributed by atoms with Crippen molar-refractivity contribution in [2.45, 2.75) is 20.8 Å². The molecule has 0 fully saturated rings. The molecule has 0 aliphatic heterocycles. The summed E-state index contributed by atoms with van der Waals surface area (Å²) >= 11 is 0. The number of aryl methyl sites for hydroxylation is 3. The van der Waals surface area contributed by atoms with Crippen LogP contribution in [0, 0.1) is 20.8 Å². The van der Waals surface area contributed by atoms with E-state index >= 15 is 0 Å². The maximum absolute atomic E-state index is 4.22. The Bertz CT molecular complexity index is 235. The van der Waals surface area contributed by atoms with Crippen LogP contribution in [0.5, 0.6) is 0 Å². The molecular weight excluding hydrogens is 123 g/mol. The Morgan fingerprint density at radius 1 is 1.00 bits per heavy atom. The molecule has 0 amide bonds. The second kappa shape index (κ2) is 2.41. The summed E-state index contributed by atoms with van der Waals surface area (Å²) in [6.45, 7) is 5.94. The highest BCUT2D eigenvalue weighted by molar-refractivity contribution is 6.33. The lowest BCUT2D eigenvalue weighted by Gasteiger charge is -2.02. The highest BCUT2D eigenvalue weighted by Crippen LogP contribution is 1.92.